The molecule has 1 aromatic heterocycles. The number of hydrogen-bond acceptors (Lipinski definition) is 4. The number of nitrogens with zero attached hydrogens (tertiary/aromatic N) is 3. The molecule has 0 aromatic carbocycles. The second-order valence-corrected chi connectivity index (χ2v) is 4.37. The van der Waals surface area contributed by atoms with Crippen molar-refractivity contribution in [1.29, 1.82) is 0 Å². The highest BCUT2D eigenvalue weighted by Gasteiger charge is 2.14. The number of carbonyl (C=O) groups is 1. The minimum Gasteiger partial charge on any atom is -0.481 e. The van der Waals surface area contributed by atoms with Crippen molar-refractivity contribution in [3.8, 4) is 5.88 Å². The van der Waals surface area contributed by atoms with Crippen LogP contribution in [0.25, 0.3) is 0 Å². The Morgan fingerprint density at radius 1 is 1.42 bits per heavy atom. The minimum atomic E-state index is 0.116. The van der Waals surface area contributed by atoms with Gasteiger partial charge in [-0.15, -0.1) is 0 Å². The van der Waals surface area contributed by atoms with E-state index < -0.39 is 0 Å². The maximum atomic E-state index is 11.9. The van der Waals surface area contributed by atoms with Crippen molar-refractivity contribution >= 4 is 5.91 Å². The predicted octanol–water partition coefficient (Wildman–Crippen LogP) is 0.695. The van der Waals surface area contributed by atoms with Crippen molar-refractivity contribution in [2.45, 2.75) is 27.3 Å². The van der Waals surface area contributed by atoms with Gasteiger partial charge in [0.05, 0.1) is 24.9 Å². The summed E-state index contributed by atoms with van der Waals surface area (Å²) in [6.07, 6.45) is 0. The number of likely N-dealkylation sites (N-methyl/N-ethyl adjacent to an activating group) is 1. The lowest BCUT2D eigenvalue weighted by Crippen LogP contribution is -2.37. The molecule has 108 valence electrons. The Morgan fingerprint density at radius 3 is 2.58 bits per heavy atom. The Hall–Kier alpha value is -1.56. The molecule has 1 N–H and O–H groups in total. The summed E-state index contributed by atoms with van der Waals surface area (Å²) in [5.41, 5.74) is 1.92. The predicted molar refractivity (Wildman–Crippen MR) is 74.1 cm³/mol. The number of rotatable bonds is 7. The van der Waals surface area contributed by atoms with Crippen molar-refractivity contribution in [1.82, 2.24) is 20.0 Å². The molecule has 6 nitrogen and oxygen atoms in total. The van der Waals surface area contributed by atoms with Gasteiger partial charge in [-0.1, -0.05) is 0 Å². The van der Waals surface area contributed by atoms with Crippen LogP contribution in [0.3, 0.4) is 0 Å². The van der Waals surface area contributed by atoms with E-state index in [0.29, 0.717) is 13.1 Å². The molecule has 1 heterocycles. The quantitative estimate of drug-likeness (QED) is 0.790. The largest absolute Gasteiger partial charge is 0.481 e. The first-order valence-electron chi connectivity index (χ1n) is 6.60. The molecule has 0 aliphatic heterocycles. The summed E-state index contributed by atoms with van der Waals surface area (Å²) >= 11 is 0. The summed E-state index contributed by atoms with van der Waals surface area (Å²) in [4.78, 5) is 13.7. The van der Waals surface area contributed by atoms with E-state index in [2.05, 4.69) is 10.4 Å². The van der Waals surface area contributed by atoms with Crippen LogP contribution < -0.4 is 10.1 Å². The molecule has 0 fully saturated rings. The maximum absolute atomic E-state index is 11.9. The lowest BCUT2D eigenvalue weighted by atomic mass is 10.2. The van der Waals surface area contributed by atoms with Crippen LogP contribution >= 0.6 is 0 Å². The van der Waals surface area contributed by atoms with Crippen molar-refractivity contribution in [2.24, 2.45) is 7.05 Å². The Labute approximate surface area is 114 Å². The molecular formula is C13H24N4O2. The molecule has 1 aromatic rings. The fourth-order valence-electron chi connectivity index (χ4n) is 2.12. The normalized spacial score (nSPS) is 10.6. The van der Waals surface area contributed by atoms with E-state index in [4.69, 9.17) is 4.74 Å². The Morgan fingerprint density at radius 2 is 2.05 bits per heavy atom. The number of hydrogen-bond donors (Lipinski definition) is 1. The lowest BCUT2D eigenvalue weighted by Gasteiger charge is -2.18. The van der Waals surface area contributed by atoms with Crippen molar-refractivity contribution in [2.75, 3.05) is 26.7 Å². The van der Waals surface area contributed by atoms with Gasteiger partial charge in [0.15, 0.2) is 0 Å². The standard InChI is InChI=1S/C13H24N4O2/c1-6-17(7-2)12(18)9-14-8-11-10(3)15-16(4)13(11)19-5/h14H,6-9H2,1-5H3. The zero-order valence-corrected chi connectivity index (χ0v) is 12.5. The Balaban J connectivity index is 2.56. The van der Waals surface area contributed by atoms with Crippen molar-refractivity contribution in [3.05, 3.63) is 11.3 Å². The third kappa shape index (κ3) is 3.70. The van der Waals surface area contributed by atoms with Gasteiger partial charge >= 0.3 is 0 Å². The molecule has 0 saturated carbocycles. The average Bonchev–Trinajstić information content (AvgIpc) is 2.65. The molecule has 0 unspecified atom stereocenters. The summed E-state index contributed by atoms with van der Waals surface area (Å²) in [5.74, 6) is 0.853. The molecule has 0 bridgehead atoms. The van der Waals surface area contributed by atoms with Gasteiger partial charge in [-0.25, -0.2) is 4.68 Å². The van der Waals surface area contributed by atoms with E-state index >= 15 is 0 Å². The van der Waals surface area contributed by atoms with Gasteiger partial charge in [-0.2, -0.15) is 5.10 Å². The van der Waals surface area contributed by atoms with Crippen LogP contribution in [0.2, 0.25) is 0 Å². The molecule has 19 heavy (non-hydrogen) atoms. The molecular weight excluding hydrogens is 244 g/mol. The lowest BCUT2D eigenvalue weighted by molar-refractivity contribution is -0.129. The fourth-order valence-corrected chi connectivity index (χ4v) is 2.12. The summed E-state index contributed by atoms with van der Waals surface area (Å²) in [6.45, 7) is 8.30. The number of aryl methyl sites for hydroxylation is 2. The highest BCUT2D eigenvalue weighted by Crippen LogP contribution is 2.20. The zero-order valence-electron chi connectivity index (χ0n) is 12.5. The molecule has 0 aliphatic carbocycles. The third-order valence-corrected chi connectivity index (χ3v) is 3.18. The summed E-state index contributed by atoms with van der Waals surface area (Å²) < 4.78 is 7.02. The number of amides is 1. The molecule has 0 radical (unpaired) electrons. The maximum Gasteiger partial charge on any atom is 0.236 e. The zero-order chi connectivity index (χ0) is 14.4. The number of methoxy groups -OCH3 is 1. The number of ether oxygens (including phenoxy) is 1. The smallest absolute Gasteiger partial charge is 0.236 e. The third-order valence-electron chi connectivity index (χ3n) is 3.18. The van der Waals surface area contributed by atoms with E-state index in [1.54, 1.807) is 16.7 Å². The van der Waals surface area contributed by atoms with Crippen LogP contribution in [-0.2, 0) is 18.4 Å². The van der Waals surface area contributed by atoms with Crippen LogP contribution in [0, 0.1) is 6.92 Å². The average molecular weight is 268 g/mol. The van der Waals surface area contributed by atoms with Crippen LogP contribution in [0.5, 0.6) is 5.88 Å². The van der Waals surface area contributed by atoms with Gasteiger partial charge in [-0.3, -0.25) is 4.79 Å². The van der Waals surface area contributed by atoms with Crippen LogP contribution in [0.15, 0.2) is 0 Å². The van der Waals surface area contributed by atoms with Crippen molar-refractivity contribution < 1.29 is 9.53 Å². The van der Waals surface area contributed by atoms with E-state index in [0.717, 1.165) is 30.2 Å². The molecule has 0 atom stereocenters. The van der Waals surface area contributed by atoms with Gasteiger partial charge in [0.25, 0.3) is 0 Å². The van der Waals surface area contributed by atoms with Gasteiger partial charge in [-0.05, 0) is 20.8 Å². The van der Waals surface area contributed by atoms with E-state index in [1.807, 2.05) is 27.8 Å². The first-order valence-corrected chi connectivity index (χ1v) is 6.60. The second-order valence-electron chi connectivity index (χ2n) is 4.37. The molecule has 1 rings (SSSR count). The molecule has 0 saturated heterocycles. The molecule has 1 amide bonds. The summed E-state index contributed by atoms with van der Waals surface area (Å²) in [6, 6.07) is 0. The monoisotopic (exact) mass is 268 g/mol. The van der Waals surface area contributed by atoms with Gasteiger partial charge in [0, 0.05) is 26.7 Å². The first-order chi connectivity index (χ1) is 9.04. The number of nitrogens with one attached hydrogen (secondary N) is 1. The molecule has 0 aliphatic rings. The van der Waals surface area contributed by atoms with E-state index in [9.17, 15) is 4.79 Å². The van der Waals surface area contributed by atoms with Gasteiger partial charge in [0.2, 0.25) is 11.8 Å². The Kier molecular flexibility index (Phi) is 5.82. The second kappa shape index (κ2) is 7.13. The minimum absolute atomic E-state index is 0.116. The molecule has 0 spiro atoms. The van der Waals surface area contributed by atoms with Crippen molar-refractivity contribution in [3.63, 3.8) is 0 Å². The number of carbonyl (C=O) groups excluding carboxylic acids is 1. The van der Waals surface area contributed by atoms with Crippen LogP contribution in [0.1, 0.15) is 25.1 Å². The highest BCUT2D eigenvalue weighted by molar-refractivity contribution is 5.78. The summed E-state index contributed by atoms with van der Waals surface area (Å²) in [7, 11) is 3.47. The van der Waals surface area contributed by atoms with Crippen LogP contribution in [-0.4, -0.2) is 47.3 Å². The van der Waals surface area contributed by atoms with E-state index in [-0.39, 0.29) is 5.91 Å². The highest BCUT2D eigenvalue weighted by atomic mass is 16.5. The van der Waals surface area contributed by atoms with Gasteiger partial charge < -0.3 is 15.0 Å². The van der Waals surface area contributed by atoms with Crippen LogP contribution in [0.4, 0.5) is 0 Å². The van der Waals surface area contributed by atoms with Gasteiger partial charge in [0.1, 0.15) is 0 Å². The van der Waals surface area contributed by atoms with E-state index in [1.165, 1.54) is 0 Å². The molecule has 6 heteroatoms. The SMILES string of the molecule is CCN(CC)C(=O)CNCc1c(C)nn(C)c1OC. The number of aromatic nitrogens is 2. The fraction of sp³-hybridized carbons (Fsp3) is 0.692. The summed E-state index contributed by atoms with van der Waals surface area (Å²) in [5, 5.41) is 7.46. The topological polar surface area (TPSA) is 59.4 Å². The Bertz CT molecular complexity index is 425. The first kappa shape index (κ1) is 15.5.